The number of Topliss-reactive ketones (excluding diaryl/α,β-unsaturated/α-hetero) is 2. The summed E-state index contributed by atoms with van der Waals surface area (Å²) in [4.78, 5) is 213. The normalized spacial score (nSPS) is 29.2. The molecule has 0 radical (unpaired) electrons. The number of aliphatic hydroxyl groups is 4. The second kappa shape index (κ2) is 44.0. The van der Waals surface area contributed by atoms with E-state index in [-0.39, 0.29) is 96.3 Å². The maximum Gasteiger partial charge on any atom is 0.338 e. The summed E-state index contributed by atoms with van der Waals surface area (Å²) in [7, 11) is 1.60. The third-order valence-electron chi connectivity index (χ3n) is 29.0. The number of ketones is 2. The number of esters is 10. The van der Waals surface area contributed by atoms with Crippen molar-refractivity contribution in [2.24, 2.45) is 38.5 Å². The highest BCUT2D eigenvalue weighted by Crippen LogP contribution is 2.68. The Morgan fingerprint density at radius 3 is 1.06 bits per heavy atom. The van der Waals surface area contributed by atoms with Crippen molar-refractivity contribution in [3.05, 3.63) is 238 Å². The number of nitrogens with zero attached hydrogens (tertiary/aromatic N) is 1. The van der Waals surface area contributed by atoms with Crippen LogP contribution in [-0.4, -0.2) is 232 Å². The molecular weight excluding hydrogens is 1820 g/mol. The predicted molar refractivity (Wildman–Crippen MR) is 503 cm³/mol. The van der Waals surface area contributed by atoms with Crippen molar-refractivity contribution in [3.63, 3.8) is 0 Å². The maximum absolute atomic E-state index is 16.1. The molecule has 34 heteroatoms. The summed E-state index contributed by atoms with van der Waals surface area (Å²) in [5.41, 5.74) is -14.9. The lowest BCUT2D eigenvalue weighted by atomic mass is 9.44. The number of unbranched alkanes of at least 4 members (excludes halogenated alkanes) is 2. The van der Waals surface area contributed by atoms with Crippen molar-refractivity contribution in [1.29, 1.82) is 0 Å². The third-order valence-corrected chi connectivity index (χ3v) is 29.0. The van der Waals surface area contributed by atoms with Crippen LogP contribution in [0.3, 0.4) is 0 Å². The number of aliphatic hydroxyl groups excluding tert-OH is 2. The minimum absolute atomic E-state index is 0.0244. The average molecular weight is 1950 g/mol. The number of carbonyl (C=O) groups is 15. The molecule has 752 valence electrons. The van der Waals surface area contributed by atoms with Gasteiger partial charge in [-0.2, -0.15) is 0 Å². The number of amides is 2. The van der Waals surface area contributed by atoms with Crippen molar-refractivity contribution >= 4 is 95.6 Å². The number of carbonyl (C=O) groups excluding carboxylic acids is 15. The highest BCUT2D eigenvalue weighted by atomic mass is 16.7. The molecular formula is C107H123N3O31. The summed E-state index contributed by atoms with van der Waals surface area (Å²) in [6.07, 6.45) is -18.5. The van der Waals surface area contributed by atoms with Crippen LogP contribution in [0.25, 0.3) is 0 Å². The predicted octanol–water partition coefficient (Wildman–Crippen LogP) is 10.8. The molecule has 6 N–H and O–H groups in total. The van der Waals surface area contributed by atoms with Crippen molar-refractivity contribution in [2.75, 3.05) is 20.3 Å². The van der Waals surface area contributed by atoms with E-state index in [2.05, 4.69) is 15.6 Å². The second-order valence-electron chi connectivity index (χ2n) is 38.0. The van der Waals surface area contributed by atoms with E-state index in [1.807, 2.05) is 13.8 Å². The first-order chi connectivity index (χ1) is 66.9. The van der Waals surface area contributed by atoms with Crippen LogP contribution >= 0.6 is 0 Å². The van der Waals surface area contributed by atoms with Gasteiger partial charge in [0.25, 0.3) is 11.8 Å². The van der Waals surface area contributed by atoms with E-state index in [0.29, 0.717) is 30.3 Å². The van der Waals surface area contributed by atoms with Crippen molar-refractivity contribution in [2.45, 2.75) is 269 Å². The minimum atomic E-state index is -2.48. The fraction of sp³-hybridized carbons (Fsp3) is 0.477. The fourth-order valence-electron chi connectivity index (χ4n) is 21.9. The lowest BCUT2D eigenvalue weighted by molar-refractivity contribution is -0.346. The Balaban J connectivity index is 0.000000248. The standard InChI is InChI=1S/C53H60N2O15.C52H57NO16.C2H6/c1-30-36(67-49(63)42(59)41(33-19-11-8-12-20-33)55-47(61)34-21-13-9-14-22-34)28-53(64)46(69-48(62)35-23-15-10-16-24-35)44-51(6,45(60)43(66-31(2)56)40(30)50(53,4)5)37(68-39(58)25-17-18-26-54-7)27-38-52(44,29-65-38)70-32(3)57;1-29-35(66-48(62)41(58)40(32-18-10-7-11-19-32)53-46(60)33-20-12-8-13-21-33)27-52(63)45(68-47(61)34-22-14-9-15-23-34)43-50(6,44(59)42(65-30(2)55)39(29)49(52,4)5)36(67-38(57)24-16-17-25-54)26-37-51(43,28-64-37)69-31(3)56;1-2/h8-16,19-24,26,36-38,41-44,46,59,64H,17-18,25,27-29H2,1-7H3,(H,55,61);7-15,18-23,25,35-37,40-43,45,58,63H,16-17,24,26-28H2,1-6H3,(H,53,60);1-2H3/t36-,37-,38+,41+,42+,43+,44-,46-,51+,52-,53+;35-,36-,37+,40+,41+,42+,43-,45-,50+,51-,52+;/m00./s1. The van der Waals surface area contributed by atoms with Gasteiger partial charge in [0, 0.05) is 102 Å². The summed E-state index contributed by atoms with van der Waals surface area (Å²) in [5.74, 6) is -15.6. The molecule has 6 aromatic rings. The van der Waals surface area contributed by atoms with Gasteiger partial charge in [0.1, 0.15) is 66.3 Å². The first-order valence-corrected chi connectivity index (χ1v) is 47.2. The molecule has 22 atom stereocenters. The van der Waals surface area contributed by atoms with Crippen LogP contribution in [0.1, 0.15) is 226 Å². The average Bonchev–Trinajstić information content (AvgIpc) is 0.669. The van der Waals surface area contributed by atoms with Crippen molar-refractivity contribution < 1.29 is 149 Å². The van der Waals surface area contributed by atoms with E-state index in [1.165, 1.54) is 52.0 Å². The van der Waals surface area contributed by atoms with Crippen LogP contribution in [0.2, 0.25) is 0 Å². The second-order valence-corrected chi connectivity index (χ2v) is 38.0. The zero-order chi connectivity index (χ0) is 103. The number of benzene rings is 6. The topological polar surface area (TPSA) is 484 Å². The Labute approximate surface area is 816 Å². The quantitative estimate of drug-likeness (QED) is 0.00609. The van der Waals surface area contributed by atoms with Gasteiger partial charge in [0.15, 0.2) is 47.2 Å². The van der Waals surface area contributed by atoms with Gasteiger partial charge in [-0.05, 0) is 135 Å². The molecule has 0 spiro atoms. The van der Waals surface area contributed by atoms with Gasteiger partial charge < -0.3 is 97.7 Å². The molecule has 6 fully saturated rings. The summed E-state index contributed by atoms with van der Waals surface area (Å²) in [6.45, 7) is 19.8. The molecule has 6 aliphatic carbocycles. The van der Waals surface area contributed by atoms with Crippen LogP contribution in [0.4, 0.5) is 0 Å². The molecule has 34 nitrogen and oxygen atoms in total. The van der Waals surface area contributed by atoms with E-state index < -0.39 is 237 Å². The molecule has 2 amide bonds. The van der Waals surface area contributed by atoms with E-state index in [0.717, 1.165) is 27.7 Å². The summed E-state index contributed by atoms with van der Waals surface area (Å²) in [6, 6.07) is 45.6. The molecule has 6 aromatic carbocycles. The van der Waals surface area contributed by atoms with Crippen LogP contribution in [0, 0.1) is 33.5 Å². The van der Waals surface area contributed by atoms with Gasteiger partial charge in [-0.3, -0.25) is 47.9 Å². The van der Waals surface area contributed by atoms with Crippen LogP contribution in [0.5, 0.6) is 0 Å². The lowest BCUT2D eigenvalue weighted by Crippen LogP contribution is -2.82. The maximum atomic E-state index is 16.1. The SMILES string of the molecule is CC.CC(=O)O[C@H]1C(=O)[C@]2(C)[C@@H](OC(=O)CCCC=O)C[C@H]3OC[C@@]3(OC(C)=O)[C@H]2[C@H](OC(=O)c2ccccc2)[C@]2(O)C[C@H](OC(=O)[C@H](O)[C@H](NC(=O)c3ccccc3)c3ccccc3)C(C)=C1C2(C)C.CN=CCCCC(=O)O[C@H]1C[C@H]2OC[C@@]2(OC(C)=O)[C@H]2[C@H](OC(=O)c3ccccc3)[C@]3(O)C[C@H](OC(=O)[C@H](O)[C@H](NC(=O)c4ccccc4)c4ccccc4)C(C)=C([C@@H](OC(C)=O)C(=O)[C@]12C)C3(C)C. The van der Waals surface area contributed by atoms with Crippen LogP contribution < -0.4 is 10.6 Å². The van der Waals surface area contributed by atoms with Gasteiger partial charge in [0.2, 0.25) is 0 Å². The van der Waals surface area contributed by atoms with Crippen LogP contribution in [0.15, 0.2) is 209 Å². The Hall–Kier alpha value is -13.1. The van der Waals surface area contributed by atoms with E-state index in [4.69, 9.17) is 56.8 Å². The Bertz CT molecular complexity index is 5760. The molecule has 141 heavy (non-hydrogen) atoms. The zero-order valence-corrected chi connectivity index (χ0v) is 81.5. The molecule has 0 unspecified atom stereocenters. The molecule has 2 heterocycles. The first-order valence-electron chi connectivity index (χ1n) is 47.2. The smallest absolute Gasteiger partial charge is 0.338 e. The lowest BCUT2D eigenvalue weighted by Gasteiger charge is -2.67. The van der Waals surface area contributed by atoms with Crippen LogP contribution in [-0.2, 0) is 110 Å². The van der Waals surface area contributed by atoms with E-state index in [9.17, 15) is 82.8 Å². The molecule has 2 aliphatic heterocycles. The van der Waals surface area contributed by atoms with E-state index >= 15 is 9.59 Å². The molecule has 2 saturated heterocycles. The number of aldehydes is 1. The number of aliphatic imine (C=N–C) groups is 1. The third kappa shape index (κ3) is 20.9. The Morgan fingerprint density at radius 1 is 0.447 bits per heavy atom. The molecule has 0 aromatic heterocycles. The minimum Gasteiger partial charge on any atom is -0.461 e. The van der Waals surface area contributed by atoms with Crippen molar-refractivity contribution in [3.8, 4) is 0 Å². The van der Waals surface area contributed by atoms with Gasteiger partial charge in [0.05, 0.1) is 59.1 Å². The van der Waals surface area contributed by atoms with Gasteiger partial charge in [-0.15, -0.1) is 0 Å². The van der Waals surface area contributed by atoms with Gasteiger partial charge in [-0.1, -0.05) is 175 Å². The molecule has 4 saturated carbocycles. The summed E-state index contributed by atoms with van der Waals surface area (Å²) < 4.78 is 74.2. The summed E-state index contributed by atoms with van der Waals surface area (Å²) in [5, 5.41) is 57.2. The number of hydrogen-bond donors (Lipinski definition) is 6. The molecule has 14 rings (SSSR count). The van der Waals surface area contributed by atoms with E-state index in [1.54, 1.807) is 199 Å². The van der Waals surface area contributed by atoms with Gasteiger partial charge >= 0.3 is 59.7 Å². The highest BCUT2D eigenvalue weighted by molar-refractivity contribution is 5.99. The highest BCUT2D eigenvalue weighted by Gasteiger charge is 2.82. The van der Waals surface area contributed by atoms with Gasteiger partial charge in [-0.25, -0.2) is 19.2 Å². The first kappa shape index (κ1) is 107. The van der Waals surface area contributed by atoms with Crippen molar-refractivity contribution in [1.82, 2.24) is 10.6 Å². The number of hydrogen-bond acceptors (Lipinski definition) is 32. The molecule has 8 aliphatic rings. The number of rotatable bonds is 30. The Kier molecular flexibility index (Phi) is 33.3. The fourth-order valence-corrected chi connectivity index (χ4v) is 21.9. The Morgan fingerprint density at radius 2 is 0.766 bits per heavy atom. The summed E-state index contributed by atoms with van der Waals surface area (Å²) >= 11 is 0. The number of nitrogens with one attached hydrogen (secondary N) is 2. The number of fused-ring (bicyclic) bond motifs is 10. The number of ether oxygens (including phenoxy) is 12. The zero-order valence-electron chi connectivity index (χ0n) is 81.5. The monoisotopic (exact) mass is 1950 g/mol. The molecule has 4 bridgehead atoms. The largest absolute Gasteiger partial charge is 0.461 e.